The molecule has 0 bridgehead atoms. The maximum atomic E-state index is 12.1. The number of nitrogens with one attached hydrogen (secondary N) is 2. The summed E-state index contributed by atoms with van der Waals surface area (Å²) >= 11 is 0. The number of hydrogen-bond donors (Lipinski definition) is 2. The van der Waals surface area contributed by atoms with Crippen LogP contribution in [0.1, 0.15) is 11.1 Å². The number of fused-ring (bicyclic) bond motifs is 1. The van der Waals surface area contributed by atoms with Crippen molar-refractivity contribution in [2.24, 2.45) is 0 Å². The van der Waals surface area contributed by atoms with Crippen molar-refractivity contribution < 1.29 is 4.79 Å². The van der Waals surface area contributed by atoms with Gasteiger partial charge in [0, 0.05) is 30.2 Å². The standard InChI is InChI=1S/C22H21N3O/c26-22(23-19-8-2-1-3-9-19)24-20-10-12-21(13-11-20)25-15-14-17-6-4-5-7-18(17)16-25/h1-13H,14-16H2,(H2,23,24,26). The van der Waals surface area contributed by atoms with Gasteiger partial charge in [-0.05, 0) is 53.9 Å². The van der Waals surface area contributed by atoms with E-state index in [-0.39, 0.29) is 6.03 Å². The molecule has 0 aliphatic carbocycles. The summed E-state index contributed by atoms with van der Waals surface area (Å²) < 4.78 is 0. The van der Waals surface area contributed by atoms with Crippen molar-refractivity contribution in [2.75, 3.05) is 22.1 Å². The van der Waals surface area contributed by atoms with Gasteiger partial charge < -0.3 is 15.5 Å². The molecule has 1 aliphatic heterocycles. The average Bonchev–Trinajstić information content (AvgIpc) is 2.69. The highest BCUT2D eigenvalue weighted by molar-refractivity contribution is 5.99. The third-order valence-corrected chi connectivity index (χ3v) is 4.65. The van der Waals surface area contributed by atoms with Crippen LogP contribution in [0.15, 0.2) is 78.9 Å². The fourth-order valence-corrected chi connectivity index (χ4v) is 3.29. The molecule has 130 valence electrons. The smallest absolute Gasteiger partial charge is 0.323 e. The lowest BCUT2D eigenvalue weighted by atomic mass is 9.99. The third-order valence-electron chi connectivity index (χ3n) is 4.65. The zero-order chi connectivity index (χ0) is 17.8. The highest BCUT2D eigenvalue weighted by atomic mass is 16.2. The molecular formula is C22H21N3O. The first kappa shape index (κ1) is 16.2. The van der Waals surface area contributed by atoms with Crippen LogP contribution in [0.25, 0.3) is 0 Å². The Morgan fingerprint density at radius 3 is 2.08 bits per heavy atom. The Bertz CT molecular complexity index is 891. The predicted octanol–water partition coefficient (Wildman–Crippen LogP) is 4.89. The van der Waals surface area contributed by atoms with Crippen LogP contribution in [0.3, 0.4) is 0 Å². The summed E-state index contributed by atoms with van der Waals surface area (Å²) in [5, 5.41) is 5.69. The predicted molar refractivity (Wildman–Crippen MR) is 107 cm³/mol. The molecule has 0 radical (unpaired) electrons. The molecule has 0 atom stereocenters. The van der Waals surface area contributed by atoms with Crippen LogP contribution in [0, 0.1) is 0 Å². The first-order valence-electron chi connectivity index (χ1n) is 8.83. The summed E-state index contributed by atoms with van der Waals surface area (Å²) in [6.07, 6.45) is 1.07. The summed E-state index contributed by atoms with van der Waals surface area (Å²) in [6.45, 7) is 1.94. The lowest BCUT2D eigenvalue weighted by molar-refractivity contribution is 0.262. The Labute approximate surface area is 153 Å². The molecule has 1 aliphatic rings. The van der Waals surface area contributed by atoms with E-state index in [0.29, 0.717) is 0 Å². The second kappa shape index (κ2) is 7.31. The van der Waals surface area contributed by atoms with E-state index in [1.807, 2.05) is 42.5 Å². The fourth-order valence-electron chi connectivity index (χ4n) is 3.29. The van der Waals surface area contributed by atoms with Gasteiger partial charge in [-0.25, -0.2) is 4.79 Å². The SMILES string of the molecule is O=C(Nc1ccccc1)Nc1ccc(N2CCc3ccccc3C2)cc1. The molecule has 0 saturated heterocycles. The number of rotatable bonds is 3. The topological polar surface area (TPSA) is 44.4 Å². The van der Waals surface area contributed by atoms with Gasteiger partial charge in [-0.2, -0.15) is 0 Å². The van der Waals surface area contributed by atoms with E-state index in [4.69, 9.17) is 0 Å². The maximum Gasteiger partial charge on any atom is 0.323 e. The molecule has 4 nitrogen and oxygen atoms in total. The molecule has 0 fully saturated rings. The third kappa shape index (κ3) is 3.70. The van der Waals surface area contributed by atoms with Gasteiger partial charge in [0.2, 0.25) is 0 Å². The van der Waals surface area contributed by atoms with Crippen molar-refractivity contribution in [3.63, 3.8) is 0 Å². The van der Waals surface area contributed by atoms with Gasteiger partial charge in [0.05, 0.1) is 0 Å². The Kier molecular flexibility index (Phi) is 4.56. The number of para-hydroxylation sites is 1. The Balaban J connectivity index is 1.39. The lowest BCUT2D eigenvalue weighted by Crippen LogP contribution is -2.30. The van der Waals surface area contributed by atoms with Crippen molar-refractivity contribution in [2.45, 2.75) is 13.0 Å². The quantitative estimate of drug-likeness (QED) is 0.711. The van der Waals surface area contributed by atoms with Crippen molar-refractivity contribution in [3.05, 3.63) is 90.0 Å². The number of carbonyl (C=O) groups excluding carboxylic acids is 1. The van der Waals surface area contributed by atoms with Crippen LogP contribution in [0.4, 0.5) is 21.9 Å². The van der Waals surface area contributed by atoms with E-state index < -0.39 is 0 Å². The van der Waals surface area contributed by atoms with E-state index >= 15 is 0 Å². The Hall–Kier alpha value is -3.27. The van der Waals surface area contributed by atoms with Gasteiger partial charge in [0.15, 0.2) is 0 Å². The second-order valence-electron chi connectivity index (χ2n) is 6.43. The highest BCUT2D eigenvalue weighted by Gasteiger charge is 2.16. The lowest BCUT2D eigenvalue weighted by Gasteiger charge is -2.30. The zero-order valence-corrected chi connectivity index (χ0v) is 14.5. The number of anilines is 3. The number of carbonyl (C=O) groups is 1. The van der Waals surface area contributed by atoms with Crippen molar-refractivity contribution in [1.29, 1.82) is 0 Å². The van der Waals surface area contributed by atoms with Gasteiger partial charge in [-0.1, -0.05) is 42.5 Å². The van der Waals surface area contributed by atoms with E-state index in [2.05, 4.69) is 51.9 Å². The van der Waals surface area contributed by atoms with Crippen molar-refractivity contribution in [1.82, 2.24) is 0 Å². The summed E-state index contributed by atoms with van der Waals surface area (Å²) in [4.78, 5) is 14.4. The molecule has 3 aromatic carbocycles. The monoisotopic (exact) mass is 343 g/mol. The van der Waals surface area contributed by atoms with Crippen LogP contribution >= 0.6 is 0 Å². The molecule has 4 rings (SSSR count). The van der Waals surface area contributed by atoms with E-state index in [0.717, 1.165) is 30.9 Å². The number of urea groups is 1. The molecule has 0 saturated carbocycles. The molecule has 0 spiro atoms. The molecule has 2 amide bonds. The van der Waals surface area contributed by atoms with Crippen LogP contribution in [-0.2, 0) is 13.0 Å². The zero-order valence-electron chi connectivity index (χ0n) is 14.5. The fraction of sp³-hybridized carbons (Fsp3) is 0.136. The van der Waals surface area contributed by atoms with Gasteiger partial charge in [0.25, 0.3) is 0 Å². The van der Waals surface area contributed by atoms with Crippen LogP contribution < -0.4 is 15.5 Å². The average molecular weight is 343 g/mol. The van der Waals surface area contributed by atoms with Crippen molar-refractivity contribution in [3.8, 4) is 0 Å². The highest BCUT2D eigenvalue weighted by Crippen LogP contribution is 2.25. The Morgan fingerprint density at radius 1 is 0.731 bits per heavy atom. The molecule has 2 N–H and O–H groups in total. The molecule has 0 unspecified atom stereocenters. The van der Waals surface area contributed by atoms with Crippen molar-refractivity contribution >= 4 is 23.1 Å². The summed E-state index contributed by atoms with van der Waals surface area (Å²) in [6, 6.07) is 25.8. The van der Waals surface area contributed by atoms with E-state index in [1.54, 1.807) is 0 Å². The van der Waals surface area contributed by atoms with Gasteiger partial charge >= 0.3 is 6.03 Å². The van der Waals surface area contributed by atoms with E-state index in [9.17, 15) is 4.79 Å². The van der Waals surface area contributed by atoms with Gasteiger partial charge in [0.1, 0.15) is 0 Å². The summed E-state index contributed by atoms with van der Waals surface area (Å²) in [5.41, 5.74) is 5.56. The van der Waals surface area contributed by atoms with E-state index in [1.165, 1.54) is 16.8 Å². The first-order valence-corrected chi connectivity index (χ1v) is 8.83. The molecule has 1 heterocycles. The number of amides is 2. The maximum absolute atomic E-state index is 12.1. The van der Waals surface area contributed by atoms with Gasteiger partial charge in [-0.15, -0.1) is 0 Å². The van der Waals surface area contributed by atoms with Crippen LogP contribution in [0.5, 0.6) is 0 Å². The molecule has 0 aromatic heterocycles. The molecular weight excluding hydrogens is 322 g/mol. The first-order chi connectivity index (χ1) is 12.8. The number of hydrogen-bond acceptors (Lipinski definition) is 2. The normalized spacial score (nSPS) is 13.0. The minimum absolute atomic E-state index is 0.240. The number of nitrogens with zero attached hydrogens (tertiary/aromatic N) is 1. The van der Waals surface area contributed by atoms with Crippen LogP contribution in [-0.4, -0.2) is 12.6 Å². The second-order valence-corrected chi connectivity index (χ2v) is 6.43. The van der Waals surface area contributed by atoms with Crippen LogP contribution in [0.2, 0.25) is 0 Å². The summed E-state index contributed by atoms with van der Waals surface area (Å²) in [7, 11) is 0. The summed E-state index contributed by atoms with van der Waals surface area (Å²) in [5.74, 6) is 0. The molecule has 26 heavy (non-hydrogen) atoms. The minimum atomic E-state index is -0.240. The largest absolute Gasteiger partial charge is 0.367 e. The molecule has 3 aromatic rings. The number of benzene rings is 3. The minimum Gasteiger partial charge on any atom is -0.367 e. The van der Waals surface area contributed by atoms with Gasteiger partial charge in [-0.3, -0.25) is 0 Å². The Morgan fingerprint density at radius 2 is 1.35 bits per heavy atom. The molecule has 4 heteroatoms.